The molecule has 0 aliphatic carbocycles. The zero-order valence-electron chi connectivity index (χ0n) is 14.8. The predicted molar refractivity (Wildman–Crippen MR) is 104 cm³/mol. The quantitative estimate of drug-likeness (QED) is 0.742. The Morgan fingerprint density at radius 1 is 1.31 bits per heavy atom. The monoisotopic (exact) mass is 366 g/mol. The van der Waals surface area contributed by atoms with E-state index < -0.39 is 0 Å². The van der Waals surface area contributed by atoms with Crippen molar-refractivity contribution in [3.05, 3.63) is 59.3 Å². The highest BCUT2D eigenvalue weighted by Gasteiger charge is 2.24. The zero-order chi connectivity index (χ0) is 17.8. The van der Waals surface area contributed by atoms with Gasteiger partial charge in [-0.25, -0.2) is 15.0 Å². The maximum absolute atomic E-state index is 4.78. The number of anilines is 2. The molecule has 4 rings (SSSR count). The molecule has 0 aromatic carbocycles. The molecule has 1 unspecified atom stereocenters. The molecule has 4 heterocycles. The van der Waals surface area contributed by atoms with E-state index in [2.05, 4.69) is 26.3 Å². The van der Waals surface area contributed by atoms with E-state index in [1.807, 2.05) is 36.8 Å². The highest BCUT2D eigenvalue weighted by molar-refractivity contribution is 7.13. The van der Waals surface area contributed by atoms with Crippen molar-refractivity contribution in [2.75, 3.05) is 18.4 Å². The Morgan fingerprint density at radius 2 is 2.27 bits per heavy atom. The normalized spacial score (nSPS) is 18.0. The fourth-order valence-electron chi connectivity index (χ4n) is 3.39. The third-order valence-corrected chi connectivity index (χ3v) is 5.23. The van der Waals surface area contributed by atoms with E-state index in [1.54, 1.807) is 17.5 Å². The molecule has 1 fully saturated rings. The van der Waals surface area contributed by atoms with Crippen molar-refractivity contribution in [1.82, 2.24) is 24.8 Å². The molecule has 3 aromatic rings. The van der Waals surface area contributed by atoms with Crippen molar-refractivity contribution in [3.63, 3.8) is 0 Å². The van der Waals surface area contributed by atoms with Gasteiger partial charge >= 0.3 is 0 Å². The fourth-order valence-corrected chi connectivity index (χ4v) is 3.93. The van der Waals surface area contributed by atoms with E-state index >= 15 is 0 Å². The average molecular weight is 366 g/mol. The molecule has 7 heteroatoms. The first-order valence-corrected chi connectivity index (χ1v) is 9.77. The maximum atomic E-state index is 4.78. The number of rotatable bonds is 5. The predicted octanol–water partition coefficient (Wildman–Crippen LogP) is 3.76. The molecular weight excluding hydrogens is 344 g/mol. The number of pyridine rings is 1. The number of piperidine rings is 1. The molecule has 1 saturated heterocycles. The van der Waals surface area contributed by atoms with E-state index in [9.17, 15) is 0 Å². The molecule has 134 valence electrons. The maximum Gasteiger partial charge on any atom is 0.188 e. The van der Waals surface area contributed by atoms with Crippen LogP contribution in [0.1, 0.15) is 35.8 Å². The summed E-state index contributed by atoms with van der Waals surface area (Å²) in [5, 5.41) is 6.10. The van der Waals surface area contributed by atoms with Gasteiger partial charge in [0.15, 0.2) is 5.13 Å². The second-order valence-corrected chi connectivity index (χ2v) is 7.55. The first-order valence-electron chi connectivity index (χ1n) is 8.89. The van der Waals surface area contributed by atoms with Crippen LogP contribution in [-0.2, 0) is 6.54 Å². The van der Waals surface area contributed by atoms with Crippen molar-refractivity contribution >= 4 is 22.3 Å². The van der Waals surface area contributed by atoms with Crippen LogP contribution in [0.15, 0.2) is 42.2 Å². The largest absolute Gasteiger partial charge is 0.316 e. The van der Waals surface area contributed by atoms with Gasteiger partial charge in [-0.2, -0.15) is 0 Å². The van der Waals surface area contributed by atoms with Crippen molar-refractivity contribution < 1.29 is 0 Å². The van der Waals surface area contributed by atoms with Crippen LogP contribution in [0, 0.1) is 6.92 Å². The van der Waals surface area contributed by atoms with E-state index in [1.165, 1.54) is 5.56 Å². The van der Waals surface area contributed by atoms with Crippen LogP contribution in [0.25, 0.3) is 0 Å². The number of thiazole rings is 1. The van der Waals surface area contributed by atoms with Gasteiger partial charge in [0.05, 0.1) is 0 Å². The van der Waals surface area contributed by atoms with E-state index in [0.717, 1.165) is 54.9 Å². The summed E-state index contributed by atoms with van der Waals surface area (Å²) in [7, 11) is 0. The number of likely N-dealkylation sites (tertiary alicyclic amines) is 1. The Hall–Kier alpha value is -2.38. The summed E-state index contributed by atoms with van der Waals surface area (Å²) in [5.41, 5.74) is 2.24. The first kappa shape index (κ1) is 17.1. The second kappa shape index (κ2) is 7.88. The van der Waals surface area contributed by atoms with E-state index in [0.29, 0.717) is 5.92 Å². The minimum Gasteiger partial charge on any atom is -0.316 e. The number of hydrogen-bond donors (Lipinski definition) is 1. The Bertz CT molecular complexity index is 837. The SMILES string of the molecule is Cc1cc(Nc2nccs2)nc(C2CCCN(Cc3cccnc3)C2)n1. The molecule has 0 amide bonds. The average Bonchev–Trinajstić information content (AvgIpc) is 3.15. The van der Waals surface area contributed by atoms with Crippen LogP contribution in [-0.4, -0.2) is 37.9 Å². The van der Waals surface area contributed by atoms with Gasteiger partial charge in [0.1, 0.15) is 11.6 Å². The molecule has 1 atom stereocenters. The summed E-state index contributed by atoms with van der Waals surface area (Å²) in [6, 6.07) is 6.11. The molecule has 0 spiro atoms. The molecule has 1 aliphatic heterocycles. The van der Waals surface area contributed by atoms with Crippen LogP contribution in [0.2, 0.25) is 0 Å². The summed E-state index contributed by atoms with van der Waals surface area (Å²) in [6.07, 6.45) is 7.85. The molecule has 26 heavy (non-hydrogen) atoms. The second-order valence-electron chi connectivity index (χ2n) is 6.65. The van der Waals surface area contributed by atoms with Gasteiger partial charge < -0.3 is 5.32 Å². The number of hydrogen-bond acceptors (Lipinski definition) is 7. The topological polar surface area (TPSA) is 66.8 Å². The van der Waals surface area contributed by atoms with Crippen LogP contribution < -0.4 is 5.32 Å². The minimum absolute atomic E-state index is 0.358. The zero-order valence-corrected chi connectivity index (χ0v) is 15.6. The molecule has 1 aliphatic rings. The molecular formula is C19H22N6S. The lowest BCUT2D eigenvalue weighted by molar-refractivity contribution is 0.196. The number of nitrogens with one attached hydrogen (secondary N) is 1. The van der Waals surface area contributed by atoms with Gasteiger partial charge in [-0.05, 0) is 37.9 Å². The van der Waals surface area contributed by atoms with Gasteiger partial charge in [-0.3, -0.25) is 9.88 Å². The summed E-state index contributed by atoms with van der Waals surface area (Å²) in [6.45, 7) is 5.05. The van der Waals surface area contributed by atoms with Crippen LogP contribution in [0.4, 0.5) is 10.9 Å². The van der Waals surface area contributed by atoms with E-state index in [4.69, 9.17) is 9.97 Å². The third kappa shape index (κ3) is 4.23. The Morgan fingerprint density at radius 3 is 3.08 bits per heavy atom. The van der Waals surface area contributed by atoms with Gasteiger partial charge in [-0.15, -0.1) is 11.3 Å². The highest BCUT2D eigenvalue weighted by Crippen LogP contribution is 2.27. The fraction of sp³-hybridized carbons (Fsp3) is 0.368. The number of aryl methyl sites for hydroxylation is 1. The smallest absolute Gasteiger partial charge is 0.188 e. The van der Waals surface area contributed by atoms with Gasteiger partial charge in [0, 0.05) is 54.7 Å². The molecule has 6 nitrogen and oxygen atoms in total. The van der Waals surface area contributed by atoms with Crippen molar-refractivity contribution in [1.29, 1.82) is 0 Å². The van der Waals surface area contributed by atoms with Crippen molar-refractivity contribution in [2.24, 2.45) is 0 Å². The number of nitrogens with zero attached hydrogens (tertiary/aromatic N) is 5. The highest BCUT2D eigenvalue weighted by atomic mass is 32.1. The lowest BCUT2D eigenvalue weighted by Crippen LogP contribution is -2.34. The van der Waals surface area contributed by atoms with Crippen LogP contribution in [0.5, 0.6) is 0 Å². The first-order chi connectivity index (χ1) is 12.8. The van der Waals surface area contributed by atoms with Crippen molar-refractivity contribution in [3.8, 4) is 0 Å². The summed E-state index contributed by atoms with van der Waals surface area (Å²) in [4.78, 5) is 20.5. The van der Waals surface area contributed by atoms with Gasteiger partial charge in [-0.1, -0.05) is 6.07 Å². The Labute approximate surface area is 157 Å². The molecule has 0 bridgehead atoms. The third-order valence-electron chi connectivity index (χ3n) is 4.54. The molecule has 1 N–H and O–H groups in total. The van der Waals surface area contributed by atoms with Crippen LogP contribution >= 0.6 is 11.3 Å². The lowest BCUT2D eigenvalue weighted by Gasteiger charge is -2.32. The minimum atomic E-state index is 0.358. The number of aromatic nitrogens is 4. The van der Waals surface area contributed by atoms with Crippen LogP contribution in [0.3, 0.4) is 0 Å². The summed E-state index contributed by atoms with van der Waals surface area (Å²) in [5.74, 6) is 2.11. The Kier molecular flexibility index (Phi) is 5.17. The lowest BCUT2D eigenvalue weighted by atomic mass is 9.96. The van der Waals surface area contributed by atoms with E-state index in [-0.39, 0.29) is 0 Å². The summed E-state index contributed by atoms with van der Waals surface area (Å²) < 4.78 is 0. The van der Waals surface area contributed by atoms with Gasteiger partial charge in [0.2, 0.25) is 0 Å². The molecule has 3 aromatic heterocycles. The van der Waals surface area contributed by atoms with Crippen molar-refractivity contribution in [2.45, 2.75) is 32.2 Å². The molecule has 0 radical (unpaired) electrons. The summed E-state index contributed by atoms with van der Waals surface area (Å²) >= 11 is 1.57. The van der Waals surface area contributed by atoms with Gasteiger partial charge in [0.25, 0.3) is 0 Å². The standard InChI is InChI=1S/C19H22N6S/c1-14-10-17(24-19-21-7-9-26-19)23-18(22-14)16-5-3-8-25(13-16)12-15-4-2-6-20-11-15/h2,4,6-7,9-11,16H,3,5,8,12-13H2,1H3,(H,21,22,23,24). The molecule has 0 saturated carbocycles. The Balaban J connectivity index is 1.48.